The zero-order chi connectivity index (χ0) is 31.1. The van der Waals surface area contributed by atoms with E-state index in [9.17, 15) is 13.6 Å². The first-order chi connectivity index (χ1) is 21.9. The summed E-state index contributed by atoms with van der Waals surface area (Å²) in [7, 11) is 0. The van der Waals surface area contributed by atoms with Gasteiger partial charge in [-0.1, -0.05) is 30.3 Å². The lowest BCUT2D eigenvalue weighted by Gasteiger charge is -2.26. The summed E-state index contributed by atoms with van der Waals surface area (Å²) in [4.78, 5) is 26.0. The summed E-state index contributed by atoms with van der Waals surface area (Å²) in [5.41, 5.74) is 4.49. The topological polar surface area (TPSA) is 79.8 Å². The molecule has 1 N–H and O–H groups in total. The number of nitrogens with one attached hydrogen (secondary N) is 1. The third-order valence-corrected chi connectivity index (χ3v) is 8.15. The van der Waals surface area contributed by atoms with E-state index < -0.39 is 11.8 Å². The molecule has 4 aromatic rings. The fraction of sp³-hybridized carbons (Fsp3) is 0.343. The van der Waals surface area contributed by atoms with E-state index in [1.54, 1.807) is 18.2 Å². The van der Waals surface area contributed by atoms with Gasteiger partial charge in [-0.2, -0.15) is 0 Å². The van der Waals surface area contributed by atoms with Crippen molar-refractivity contribution < 1.29 is 23.0 Å². The molecule has 0 saturated carbocycles. The normalized spacial score (nSPS) is 15.5. The number of carbonyl (C=O) groups excluding carboxylic acids is 1. The van der Waals surface area contributed by atoms with Crippen LogP contribution in [0.5, 0.6) is 5.75 Å². The number of amides is 1. The number of aromatic nitrogens is 2. The van der Waals surface area contributed by atoms with Gasteiger partial charge in [-0.3, -0.25) is 9.69 Å². The van der Waals surface area contributed by atoms with Crippen LogP contribution in [0.25, 0.3) is 10.9 Å². The predicted molar refractivity (Wildman–Crippen MR) is 171 cm³/mol. The average Bonchev–Trinajstić information content (AvgIpc) is 3.49. The second-order valence-corrected chi connectivity index (χ2v) is 11.4. The number of benzene rings is 3. The van der Waals surface area contributed by atoms with Gasteiger partial charge in [0.15, 0.2) is 0 Å². The lowest BCUT2D eigenvalue weighted by atomic mass is 10.1. The van der Waals surface area contributed by atoms with Gasteiger partial charge in [-0.05, 0) is 79.4 Å². The fourth-order valence-electron chi connectivity index (χ4n) is 5.75. The van der Waals surface area contributed by atoms with E-state index in [1.807, 2.05) is 42.5 Å². The molecule has 0 radical (unpaired) electrons. The van der Waals surface area contributed by atoms with Gasteiger partial charge in [-0.15, -0.1) is 0 Å². The third-order valence-electron chi connectivity index (χ3n) is 8.15. The summed E-state index contributed by atoms with van der Waals surface area (Å²) < 4.78 is 40.3. The number of carbonyl (C=O) groups is 1. The molecule has 0 unspecified atom stereocenters. The molecule has 3 aromatic carbocycles. The van der Waals surface area contributed by atoms with Crippen LogP contribution in [0.4, 0.5) is 26.0 Å². The molecule has 1 aromatic heterocycles. The molecule has 2 aliphatic rings. The number of unbranched alkanes of at least 4 members (excludes halogenated alkanes) is 1. The van der Waals surface area contributed by atoms with Crippen molar-refractivity contribution in [3.63, 3.8) is 0 Å². The van der Waals surface area contributed by atoms with Crippen molar-refractivity contribution in [2.45, 2.75) is 38.2 Å². The highest BCUT2D eigenvalue weighted by atomic mass is 19.3. The van der Waals surface area contributed by atoms with Crippen molar-refractivity contribution in [2.75, 3.05) is 49.6 Å². The Kier molecular flexibility index (Phi) is 9.61. The first-order valence-corrected chi connectivity index (χ1v) is 15.4. The van der Waals surface area contributed by atoms with Gasteiger partial charge in [0.2, 0.25) is 5.91 Å². The molecule has 1 fully saturated rings. The number of hydrogen-bond donors (Lipinski definition) is 1. The second kappa shape index (κ2) is 14.1. The van der Waals surface area contributed by atoms with Crippen LogP contribution in [0.15, 0.2) is 85.2 Å². The molecular formula is C35H37F2N5O3. The molecule has 6 rings (SSSR count). The summed E-state index contributed by atoms with van der Waals surface area (Å²) in [6.07, 6.45) is 4.74. The van der Waals surface area contributed by atoms with E-state index in [4.69, 9.17) is 9.47 Å². The number of morpholine rings is 1. The highest BCUT2D eigenvalue weighted by Gasteiger charge is 2.26. The molecule has 0 spiro atoms. The fourth-order valence-corrected chi connectivity index (χ4v) is 5.75. The summed E-state index contributed by atoms with van der Waals surface area (Å²) in [6, 6.07) is 21.4. The minimum absolute atomic E-state index is 0.296. The van der Waals surface area contributed by atoms with Gasteiger partial charge in [-0.25, -0.2) is 18.7 Å². The quantitative estimate of drug-likeness (QED) is 0.144. The zero-order valence-electron chi connectivity index (χ0n) is 25.1. The molecule has 1 amide bonds. The number of rotatable bonds is 12. The van der Waals surface area contributed by atoms with Gasteiger partial charge in [0.1, 0.15) is 24.5 Å². The Bertz CT molecular complexity index is 1640. The summed E-state index contributed by atoms with van der Waals surface area (Å²) in [6.45, 7) is 5.08. The highest BCUT2D eigenvalue weighted by Crippen LogP contribution is 2.38. The molecule has 3 heterocycles. The molecule has 234 valence electrons. The largest absolute Gasteiger partial charge is 0.489 e. The molecule has 2 aliphatic heterocycles. The van der Waals surface area contributed by atoms with Crippen LogP contribution < -0.4 is 15.0 Å². The maximum absolute atomic E-state index is 14.5. The lowest BCUT2D eigenvalue weighted by molar-refractivity contribution is -0.112. The van der Waals surface area contributed by atoms with Gasteiger partial charge >= 0.3 is 0 Å². The number of anilines is 3. The van der Waals surface area contributed by atoms with Crippen LogP contribution in [0, 0.1) is 0 Å². The Hall–Kier alpha value is -4.41. The van der Waals surface area contributed by atoms with Crippen LogP contribution in [0.3, 0.4) is 0 Å². The summed E-state index contributed by atoms with van der Waals surface area (Å²) in [5, 5.41) is 3.47. The molecule has 8 nitrogen and oxygen atoms in total. The number of nitrogens with zero attached hydrogens (tertiary/aromatic N) is 4. The van der Waals surface area contributed by atoms with Crippen LogP contribution in [-0.4, -0.2) is 66.1 Å². The maximum Gasteiger partial charge on any atom is 0.266 e. The molecule has 1 saturated heterocycles. The molecule has 10 heteroatoms. The smallest absolute Gasteiger partial charge is 0.266 e. The molecule has 0 aliphatic carbocycles. The van der Waals surface area contributed by atoms with E-state index in [-0.39, 0.29) is 6.42 Å². The van der Waals surface area contributed by atoms with Crippen molar-refractivity contribution >= 4 is 34.0 Å². The summed E-state index contributed by atoms with van der Waals surface area (Å²) in [5.74, 6) is -2.15. The molecule has 0 atom stereocenters. The number of halogens is 2. The van der Waals surface area contributed by atoms with E-state index >= 15 is 0 Å². The lowest BCUT2D eigenvalue weighted by Crippen LogP contribution is -2.36. The van der Waals surface area contributed by atoms with Crippen LogP contribution in [0.1, 0.15) is 30.4 Å². The van der Waals surface area contributed by atoms with E-state index in [0.717, 1.165) is 66.6 Å². The SMILES string of the molecule is O=C(C=CC(F)(F)CCCCN1CCOCC1)Nc1ccc2ncnc(N3CCc4cc(OCc5ccccc5)ccc43)c2c1. The Morgan fingerprint density at radius 3 is 2.69 bits per heavy atom. The zero-order valence-corrected chi connectivity index (χ0v) is 25.1. The minimum Gasteiger partial charge on any atom is -0.489 e. The van der Waals surface area contributed by atoms with Crippen molar-refractivity contribution in [3.05, 3.63) is 96.3 Å². The number of fused-ring (bicyclic) bond motifs is 2. The standard InChI is InChI=1S/C35H37F2N5O3/c36-35(37,14-4-5-16-41-18-20-44-21-19-41)15-12-33(43)40-28-8-10-31-30(23-28)34(39-25-38-31)42-17-13-27-22-29(9-11-32(27)42)45-24-26-6-2-1-3-7-26/h1-3,6-12,15,22-23,25H,4-5,13-14,16-21,24H2,(H,40,43). The first kappa shape index (κ1) is 30.6. The Labute approximate surface area is 261 Å². The highest BCUT2D eigenvalue weighted by molar-refractivity contribution is 6.02. The first-order valence-electron chi connectivity index (χ1n) is 15.4. The molecular weight excluding hydrogens is 576 g/mol. The average molecular weight is 614 g/mol. The van der Waals surface area contributed by atoms with E-state index in [0.29, 0.717) is 55.8 Å². The van der Waals surface area contributed by atoms with Crippen LogP contribution in [0.2, 0.25) is 0 Å². The number of hydrogen-bond acceptors (Lipinski definition) is 7. The van der Waals surface area contributed by atoms with Crippen LogP contribution in [-0.2, 0) is 22.6 Å². The number of ether oxygens (including phenoxy) is 2. The van der Waals surface area contributed by atoms with Gasteiger partial charge < -0.3 is 19.7 Å². The maximum atomic E-state index is 14.5. The van der Waals surface area contributed by atoms with Gasteiger partial charge in [0.25, 0.3) is 5.92 Å². The molecule has 45 heavy (non-hydrogen) atoms. The minimum atomic E-state index is -3.05. The van der Waals surface area contributed by atoms with Crippen molar-refractivity contribution in [1.29, 1.82) is 0 Å². The molecule has 0 bridgehead atoms. The van der Waals surface area contributed by atoms with Crippen LogP contribution >= 0.6 is 0 Å². The monoisotopic (exact) mass is 613 g/mol. The Morgan fingerprint density at radius 1 is 1.00 bits per heavy atom. The number of alkyl halides is 2. The van der Waals surface area contributed by atoms with Gasteiger partial charge in [0.05, 0.1) is 18.7 Å². The van der Waals surface area contributed by atoms with E-state index in [2.05, 4.69) is 31.2 Å². The van der Waals surface area contributed by atoms with Crippen molar-refractivity contribution in [3.8, 4) is 5.75 Å². The Morgan fingerprint density at radius 2 is 1.84 bits per heavy atom. The summed E-state index contributed by atoms with van der Waals surface area (Å²) >= 11 is 0. The van der Waals surface area contributed by atoms with Crippen molar-refractivity contribution in [2.24, 2.45) is 0 Å². The predicted octanol–water partition coefficient (Wildman–Crippen LogP) is 6.54. The van der Waals surface area contributed by atoms with Gasteiger partial charge in [0, 0.05) is 48.9 Å². The second-order valence-electron chi connectivity index (χ2n) is 11.4. The Balaban J connectivity index is 1.08. The van der Waals surface area contributed by atoms with E-state index in [1.165, 1.54) is 6.33 Å². The van der Waals surface area contributed by atoms with Crippen molar-refractivity contribution in [1.82, 2.24) is 14.9 Å². The third kappa shape index (κ3) is 8.01. The number of allylic oxidation sites excluding steroid dienone is 1.